The van der Waals surface area contributed by atoms with E-state index in [1.165, 1.54) is 0 Å². The van der Waals surface area contributed by atoms with Crippen LogP contribution in [-0.2, 0) is 6.54 Å². The van der Waals surface area contributed by atoms with Gasteiger partial charge in [0.15, 0.2) is 0 Å². The monoisotopic (exact) mass is 262 g/mol. The van der Waals surface area contributed by atoms with Gasteiger partial charge < -0.3 is 5.11 Å². The lowest BCUT2D eigenvalue weighted by atomic mass is 10.1. The van der Waals surface area contributed by atoms with Gasteiger partial charge in [-0.15, -0.1) is 0 Å². The Bertz CT molecular complexity index is 448. The highest BCUT2D eigenvalue weighted by Gasteiger charge is 2.22. The molecule has 1 saturated heterocycles. The van der Waals surface area contributed by atoms with Crippen LogP contribution in [0.1, 0.15) is 29.8 Å². The molecule has 0 saturated carbocycles. The van der Waals surface area contributed by atoms with Crippen LogP contribution in [0.2, 0.25) is 0 Å². The van der Waals surface area contributed by atoms with Gasteiger partial charge in [-0.2, -0.15) is 0 Å². The van der Waals surface area contributed by atoms with Gasteiger partial charge in [-0.05, 0) is 31.2 Å². The molecule has 0 spiro atoms. The minimum absolute atomic E-state index is 0.373. The lowest BCUT2D eigenvalue weighted by Gasteiger charge is -2.39. The predicted octanol–water partition coefficient (Wildman–Crippen LogP) is 1.91. The number of hydrogen-bond acceptors (Lipinski definition) is 3. The number of aromatic carboxylic acids is 1. The van der Waals surface area contributed by atoms with Gasteiger partial charge in [0, 0.05) is 32.2 Å². The maximum absolute atomic E-state index is 11.0. The van der Waals surface area contributed by atoms with Crippen LogP contribution in [-0.4, -0.2) is 53.1 Å². The predicted molar refractivity (Wildman–Crippen MR) is 75.4 cm³/mol. The Kier molecular flexibility index (Phi) is 4.56. The number of carboxylic acids is 1. The van der Waals surface area contributed by atoms with Crippen molar-refractivity contribution < 1.29 is 9.90 Å². The number of nitrogens with zero attached hydrogens (tertiary/aromatic N) is 2. The summed E-state index contributed by atoms with van der Waals surface area (Å²) >= 11 is 0. The number of likely N-dealkylation sites (N-methyl/N-ethyl adjacent to an activating group) is 1. The summed E-state index contributed by atoms with van der Waals surface area (Å²) in [6.45, 7) is 9.58. The Labute approximate surface area is 114 Å². The lowest BCUT2D eigenvalue weighted by molar-refractivity contribution is 0.0695. The van der Waals surface area contributed by atoms with Gasteiger partial charge in [-0.25, -0.2) is 4.79 Å². The van der Waals surface area contributed by atoms with Crippen molar-refractivity contribution >= 4 is 5.97 Å². The van der Waals surface area contributed by atoms with Crippen LogP contribution in [0, 0.1) is 0 Å². The van der Waals surface area contributed by atoms with E-state index >= 15 is 0 Å². The molecule has 19 heavy (non-hydrogen) atoms. The van der Waals surface area contributed by atoms with Crippen molar-refractivity contribution in [2.75, 3.05) is 26.2 Å². The molecule has 1 fully saturated rings. The average Bonchev–Trinajstić information content (AvgIpc) is 2.39. The maximum atomic E-state index is 11.0. The summed E-state index contributed by atoms with van der Waals surface area (Å²) in [5, 5.41) is 9.00. The van der Waals surface area contributed by atoms with Crippen LogP contribution in [0.25, 0.3) is 0 Å². The zero-order chi connectivity index (χ0) is 13.8. The van der Waals surface area contributed by atoms with E-state index in [1.54, 1.807) is 12.1 Å². The van der Waals surface area contributed by atoms with Gasteiger partial charge in [-0.1, -0.05) is 19.1 Å². The highest BCUT2D eigenvalue weighted by atomic mass is 16.4. The number of hydrogen-bond donors (Lipinski definition) is 1. The van der Waals surface area contributed by atoms with Crippen molar-refractivity contribution in [1.82, 2.24) is 9.80 Å². The van der Waals surface area contributed by atoms with E-state index in [1.807, 2.05) is 12.1 Å². The molecular weight excluding hydrogens is 240 g/mol. The van der Waals surface area contributed by atoms with Gasteiger partial charge in [0.25, 0.3) is 0 Å². The van der Waals surface area contributed by atoms with Gasteiger partial charge in [-0.3, -0.25) is 9.80 Å². The molecule has 2 rings (SSSR count). The van der Waals surface area contributed by atoms with E-state index in [2.05, 4.69) is 23.6 Å². The Hall–Kier alpha value is -1.39. The summed E-state index contributed by atoms with van der Waals surface area (Å²) in [6, 6.07) is 7.82. The van der Waals surface area contributed by atoms with Crippen LogP contribution in [0.15, 0.2) is 24.3 Å². The maximum Gasteiger partial charge on any atom is 0.335 e. The molecule has 0 aliphatic carbocycles. The average molecular weight is 262 g/mol. The van der Waals surface area contributed by atoms with Crippen molar-refractivity contribution in [2.24, 2.45) is 0 Å². The summed E-state index contributed by atoms with van der Waals surface area (Å²) in [5.41, 5.74) is 1.45. The first-order valence-electron chi connectivity index (χ1n) is 6.88. The lowest BCUT2D eigenvalue weighted by Crippen LogP contribution is -2.51. The van der Waals surface area contributed by atoms with Crippen LogP contribution in [0.5, 0.6) is 0 Å². The Morgan fingerprint density at radius 2 is 2.21 bits per heavy atom. The molecule has 4 nitrogen and oxygen atoms in total. The highest BCUT2D eigenvalue weighted by Crippen LogP contribution is 2.14. The second-order valence-corrected chi connectivity index (χ2v) is 5.22. The molecule has 1 aromatic carbocycles. The van der Waals surface area contributed by atoms with Gasteiger partial charge in [0.05, 0.1) is 5.56 Å². The van der Waals surface area contributed by atoms with Crippen molar-refractivity contribution in [1.29, 1.82) is 0 Å². The molecule has 1 heterocycles. The Morgan fingerprint density at radius 1 is 1.42 bits per heavy atom. The van der Waals surface area contributed by atoms with Crippen molar-refractivity contribution in [2.45, 2.75) is 26.4 Å². The molecule has 104 valence electrons. The summed E-state index contributed by atoms with van der Waals surface area (Å²) < 4.78 is 0. The SMILES string of the molecule is CCN1CCN(Cc2cccc(C(=O)O)c2)CC1C. The Morgan fingerprint density at radius 3 is 2.84 bits per heavy atom. The first kappa shape index (κ1) is 14.0. The molecule has 1 aliphatic heterocycles. The van der Waals surface area contributed by atoms with Crippen molar-refractivity contribution in [3.8, 4) is 0 Å². The summed E-state index contributed by atoms with van der Waals surface area (Å²) in [4.78, 5) is 15.8. The van der Waals surface area contributed by atoms with Crippen molar-refractivity contribution in [3.05, 3.63) is 35.4 Å². The third kappa shape index (κ3) is 3.55. The molecule has 1 unspecified atom stereocenters. The fourth-order valence-electron chi connectivity index (χ4n) is 2.74. The first-order chi connectivity index (χ1) is 9.10. The van der Waals surface area contributed by atoms with Gasteiger partial charge in [0.1, 0.15) is 0 Å². The fourth-order valence-corrected chi connectivity index (χ4v) is 2.74. The van der Waals surface area contributed by atoms with E-state index in [4.69, 9.17) is 5.11 Å². The third-order valence-electron chi connectivity index (χ3n) is 3.84. The molecular formula is C15H22N2O2. The van der Waals surface area contributed by atoms with E-state index in [0.717, 1.165) is 38.3 Å². The van der Waals surface area contributed by atoms with Crippen molar-refractivity contribution in [3.63, 3.8) is 0 Å². The largest absolute Gasteiger partial charge is 0.478 e. The van der Waals surface area contributed by atoms with Crippen LogP contribution in [0.3, 0.4) is 0 Å². The molecule has 0 aromatic heterocycles. The molecule has 1 aliphatic rings. The first-order valence-corrected chi connectivity index (χ1v) is 6.88. The Balaban J connectivity index is 1.98. The summed E-state index contributed by atoms with van der Waals surface area (Å²) in [7, 11) is 0. The number of rotatable bonds is 4. The van der Waals surface area contributed by atoms with E-state index in [0.29, 0.717) is 11.6 Å². The van der Waals surface area contributed by atoms with Gasteiger partial charge in [0.2, 0.25) is 0 Å². The number of carbonyl (C=O) groups is 1. The van der Waals surface area contributed by atoms with Gasteiger partial charge >= 0.3 is 5.97 Å². The normalized spacial score (nSPS) is 21.5. The molecule has 1 N–H and O–H groups in total. The quantitative estimate of drug-likeness (QED) is 0.900. The second kappa shape index (κ2) is 6.17. The zero-order valence-electron chi connectivity index (χ0n) is 11.7. The smallest absolute Gasteiger partial charge is 0.335 e. The third-order valence-corrected chi connectivity index (χ3v) is 3.84. The summed E-state index contributed by atoms with van der Waals surface area (Å²) in [5.74, 6) is -0.856. The molecule has 0 bridgehead atoms. The highest BCUT2D eigenvalue weighted by molar-refractivity contribution is 5.87. The second-order valence-electron chi connectivity index (χ2n) is 5.22. The number of benzene rings is 1. The minimum atomic E-state index is -0.856. The number of carboxylic acid groups (broad SMARTS) is 1. The van der Waals surface area contributed by atoms with E-state index in [-0.39, 0.29) is 0 Å². The summed E-state index contributed by atoms with van der Waals surface area (Å²) in [6.07, 6.45) is 0. The molecule has 4 heteroatoms. The number of piperazine rings is 1. The van der Waals surface area contributed by atoms with E-state index < -0.39 is 5.97 Å². The van der Waals surface area contributed by atoms with E-state index in [9.17, 15) is 4.79 Å². The van der Waals surface area contributed by atoms with Crippen LogP contribution < -0.4 is 0 Å². The zero-order valence-corrected chi connectivity index (χ0v) is 11.7. The molecule has 1 atom stereocenters. The molecule has 1 aromatic rings. The fraction of sp³-hybridized carbons (Fsp3) is 0.533. The topological polar surface area (TPSA) is 43.8 Å². The standard InChI is InChI=1S/C15H22N2O2/c1-3-17-8-7-16(10-12(17)2)11-13-5-4-6-14(9-13)15(18)19/h4-6,9,12H,3,7-8,10-11H2,1-2H3,(H,18,19). The minimum Gasteiger partial charge on any atom is -0.478 e. The molecule has 0 radical (unpaired) electrons. The van der Waals surface area contributed by atoms with Crippen LogP contribution in [0.4, 0.5) is 0 Å². The molecule has 0 amide bonds. The van der Waals surface area contributed by atoms with Crippen LogP contribution >= 0.6 is 0 Å².